The Kier molecular flexibility index (Phi) is 6.44. The largest absolute Gasteiger partial charge is 0.383 e. The summed E-state index contributed by atoms with van der Waals surface area (Å²) in [5, 5.41) is 8.78. The van der Waals surface area contributed by atoms with Gasteiger partial charge in [-0.05, 0) is 67.7 Å². The van der Waals surface area contributed by atoms with Crippen molar-refractivity contribution in [3.05, 3.63) is 83.2 Å². The van der Waals surface area contributed by atoms with Crippen LogP contribution in [-0.2, 0) is 10.8 Å². The summed E-state index contributed by atoms with van der Waals surface area (Å²) in [4.78, 5) is 0. The van der Waals surface area contributed by atoms with Gasteiger partial charge in [-0.1, -0.05) is 36.4 Å². The molecule has 1 saturated carbocycles. The van der Waals surface area contributed by atoms with Crippen molar-refractivity contribution in [1.29, 1.82) is 5.26 Å². The Balaban J connectivity index is 1.68. The minimum absolute atomic E-state index is 0.134. The average Bonchev–Trinajstić information content (AvgIpc) is 2.73. The second-order valence-corrected chi connectivity index (χ2v) is 7.60. The lowest BCUT2D eigenvalue weighted by molar-refractivity contribution is -0.272. The first-order chi connectivity index (χ1) is 13.8. The molecule has 1 fully saturated rings. The van der Waals surface area contributed by atoms with E-state index in [2.05, 4.69) is 6.58 Å². The molecule has 5 heteroatoms. The zero-order valence-corrected chi connectivity index (χ0v) is 16.4. The first-order valence-corrected chi connectivity index (χ1v) is 9.82. The standard InChI is InChI=1S/C24H24F3NO/c1-3-17-4-6-18(7-5-17)19-10-12-22(13-11-19)24(26,27)29-16(2)20-8-9-21(15-28)23(25)14-20/h3,8-14,16-18H,1,4-7H2,2H3. The fourth-order valence-corrected chi connectivity index (χ4v) is 3.87. The highest BCUT2D eigenvalue weighted by Gasteiger charge is 2.35. The summed E-state index contributed by atoms with van der Waals surface area (Å²) in [5.41, 5.74) is 0.943. The zero-order chi connectivity index (χ0) is 21.0. The normalized spacial score (nSPS) is 20.7. The first-order valence-electron chi connectivity index (χ1n) is 9.82. The van der Waals surface area contributed by atoms with Crippen LogP contribution in [0.25, 0.3) is 0 Å². The fourth-order valence-electron chi connectivity index (χ4n) is 3.87. The van der Waals surface area contributed by atoms with Gasteiger partial charge in [0.1, 0.15) is 11.9 Å². The van der Waals surface area contributed by atoms with Crippen LogP contribution in [0.15, 0.2) is 55.1 Å². The summed E-state index contributed by atoms with van der Waals surface area (Å²) >= 11 is 0. The number of halogens is 3. The molecule has 0 saturated heterocycles. The molecule has 3 rings (SSSR count). The maximum atomic E-state index is 14.6. The Hall–Kier alpha value is -2.58. The Morgan fingerprint density at radius 3 is 2.34 bits per heavy atom. The van der Waals surface area contributed by atoms with Gasteiger partial charge in [-0.2, -0.15) is 14.0 Å². The van der Waals surface area contributed by atoms with Gasteiger partial charge < -0.3 is 4.74 Å². The molecule has 2 aromatic carbocycles. The van der Waals surface area contributed by atoms with Gasteiger partial charge in [0, 0.05) is 0 Å². The Morgan fingerprint density at radius 1 is 1.14 bits per heavy atom. The molecule has 0 heterocycles. The zero-order valence-electron chi connectivity index (χ0n) is 16.4. The number of nitriles is 1. The van der Waals surface area contributed by atoms with Gasteiger partial charge in [0.2, 0.25) is 0 Å². The third-order valence-electron chi connectivity index (χ3n) is 5.73. The lowest BCUT2D eigenvalue weighted by Gasteiger charge is -2.27. The topological polar surface area (TPSA) is 33.0 Å². The van der Waals surface area contributed by atoms with Crippen molar-refractivity contribution in [1.82, 2.24) is 0 Å². The Morgan fingerprint density at radius 2 is 1.79 bits per heavy atom. The van der Waals surface area contributed by atoms with Crippen LogP contribution in [0.1, 0.15) is 66.9 Å². The third kappa shape index (κ3) is 4.89. The fraction of sp³-hybridized carbons (Fsp3) is 0.375. The first kappa shape index (κ1) is 21.1. The molecular formula is C24H24F3NO. The van der Waals surface area contributed by atoms with Crippen molar-refractivity contribution in [3.63, 3.8) is 0 Å². The maximum absolute atomic E-state index is 14.6. The smallest absolute Gasteiger partial charge is 0.309 e. The monoisotopic (exact) mass is 399 g/mol. The van der Waals surface area contributed by atoms with E-state index in [0.717, 1.165) is 37.3 Å². The number of rotatable bonds is 6. The molecule has 0 bridgehead atoms. The Labute approximate surface area is 169 Å². The quantitative estimate of drug-likeness (QED) is 0.491. The van der Waals surface area contributed by atoms with Gasteiger partial charge in [-0.3, -0.25) is 0 Å². The lowest BCUT2D eigenvalue weighted by Crippen LogP contribution is -2.20. The minimum atomic E-state index is -3.51. The van der Waals surface area contributed by atoms with E-state index >= 15 is 0 Å². The van der Waals surface area contributed by atoms with Crippen LogP contribution in [0, 0.1) is 23.1 Å². The van der Waals surface area contributed by atoms with E-state index < -0.39 is 18.0 Å². The van der Waals surface area contributed by atoms with E-state index in [1.54, 1.807) is 18.2 Å². The van der Waals surface area contributed by atoms with Crippen molar-refractivity contribution in [2.75, 3.05) is 0 Å². The van der Waals surface area contributed by atoms with Crippen LogP contribution in [0.5, 0.6) is 0 Å². The van der Waals surface area contributed by atoms with Gasteiger partial charge in [-0.25, -0.2) is 4.39 Å². The van der Waals surface area contributed by atoms with Crippen LogP contribution in [0.2, 0.25) is 0 Å². The number of hydrogen-bond acceptors (Lipinski definition) is 2. The molecule has 1 atom stereocenters. The van der Waals surface area contributed by atoms with Crippen LogP contribution < -0.4 is 0 Å². The summed E-state index contributed by atoms with van der Waals surface area (Å²) in [5.74, 6) is 0.187. The van der Waals surface area contributed by atoms with Crippen LogP contribution >= 0.6 is 0 Å². The van der Waals surface area contributed by atoms with E-state index in [0.29, 0.717) is 11.8 Å². The predicted molar refractivity (Wildman–Crippen MR) is 106 cm³/mol. The molecular weight excluding hydrogens is 375 g/mol. The number of alkyl halides is 2. The molecule has 152 valence electrons. The van der Waals surface area contributed by atoms with E-state index in [-0.39, 0.29) is 16.7 Å². The summed E-state index contributed by atoms with van der Waals surface area (Å²) in [6.07, 6.45) is 1.66. The number of nitrogens with zero attached hydrogens (tertiary/aromatic N) is 1. The molecule has 1 unspecified atom stereocenters. The van der Waals surface area contributed by atoms with E-state index in [9.17, 15) is 13.2 Å². The van der Waals surface area contributed by atoms with Crippen molar-refractivity contribution in [2.45, 2.75) is 50.7 Å². The van der Waals surface area contributed by atoms with E-state index in [1.165, 1.54) is 31.2 Å². The van der Waals surface area contributed by atoms with Crippen LogP contribution in [0.3, 0.4) is 0 Å². The van der Waals surface area contributed by atoms with Gasteiger partial charge in [0.05, 0.1) is 17.2 Å². The summed E-state index contributed by atoms with van der Waals surface area (Å²) in [7, 11) is 0. The van der Waals surface area contributed by atoms with E-state index in [4.69, 9.17) is 10.00 Å². The summed E-state index contributed by atoms with van der Waals surface area (Å²) in [6, 6.07) is 11.7. The highest BCUT2D eigenvalue weighted by Crippen LogP contribution is 2.39. The number of benzene rings is 2. The highest BCUT2D eigenvalue weighted by atomic mass is 19.3. The molecule has 0 N–H and O–H groups in total. The molecule has 0 aliphatic heterocycles. The lowest BCUT2D eigenvalue weighted by atomic mass is 9.78. The van der Waals surface area contributed by atoms with Crippen molar-refractivity contribution in [3.8, 4) is 6.07 Å². The minimum Gasteiger partial charge on any atom is -0.309 e. The number of ether oxygens (including phenoxy) is 1. The molecule has 2 aromatic rings. The summed E-state index contributed by atoms with van der Waals surface area (Å²) in [6.45, 7) is 5.28. The van der Waals surface area contributed by atoms with Crippen molar-refractivity contribution >= 4 is 0 Å². The molecule has 2 nitrogen and oxygen atoms in total. The van der Waals surface area contributed by atoms with Crippen molar-refractivity contribution < 1.29 is 17.9 Å². The summed E-state index contributed by atoms with van der Waals surface area (Å²) < 4.78 is 48.0. The molecule has 0 radical (unpaired) electrons. The number of hydrogen-bond donors (Lipinski definition) is 0. The van der Waals surface area contributed by atoms with Crippen LogP contribution in [0.4, 0.5) is 13.2 Å². The predicted octanol–water partition coefficient (Wildman–Crippen LogP) is 6.98. The third-order valence-corrected chi connectivity index (χ3v) is 5.73. The van der Waals surface area contributed by atoms with Crippen molar-refractivity contribution in [2.24, 2.45) is 5.92 Å². The molecule has 29 heavy (non-hydrogen) atoms. The van der Waals surface area contributed by atoms with Gasteiger partial charge in [0.25, 0.3) is 0 Å². The maximum Gasteiger partial charge on any atom is 0.383 e. The van der Waals surface area contributed by atoms with Gasteiger partial charge in [0.15, 0.2) is 0 Å². The SMILES string of the molecule is C=CC1CCC(c2ccc(C(F)(F)OC(C)c3ccc(C#N)c(F)c3)cc2)CC1. The number of allylic oxidation sites excluding steroid dienone is 1. The van der Waals surface area contributed by atoms with Gasteiger partial charge in [-0.15, -0.1) is 6.58 Å². The molecule has 0 spiro atoms. The van der Waals surface area contributed by atoms with E-state index in [1.807, 2.05) is 6.08 Å². The molecule has 0 amide bonds. The molecule has 1 aliphatic carbocycles. The second kappa shape index (κ2) is 8.84. The average molecular weight is 399 g/mol. The second-order valence-electron chi connectivity index (χ2n) is 7.60. The molecule has 1 aliphatic rings. The van der Waals surface area contributed by atoms with Gasteiger partial charge >= 0.3 is 6.11 Å². The molecule has 0 aromatic heterocycles. The van der Waals surface area contributed by atoms with Crippen LogP contribution in [-0.4, -0.2) is 0 Å². The Bertz CT molecular complexity index is 893. The highest BCUT2D eigenvalue weighted by molar-refractivity contribution is 5.34.